The second-order valence-corrected chi connectivity index (χ2v) is 8.60. The second kappa shape index (κ2) is 9.16. The van der Waals surface area contributed by atoms with Gasteiger partial charge in [0.05, 0.1) is 28.7 Å². The Morgan fingerprint density at radius 3 is 2.84 bits per heavy atom. The Kier molecular flexibility index (Phi) is 6.92. The Morgan fingerprint density at radius 2 is 2.16 bits per heavy atom. The molecule has 2 aliphatic heterocycles. The van der Waals surface area contributed by atoms with Crippen molar-refractivity contribution in [3.8, 4) is 0 Å². The van der Waals surface area contributed by atoms with Gasteiger partial charge in [-0.25, -0.2) is 0 Å². The Balaban J connectivity index is 1.64. The van der Waals surface area contributed by atoms with Crippen molar-refractivity contribution in [2.75, 3.05) is 61.0 Å². The molecule has 1 amide bonds. The summed E-state index contributed by atoms with van der Waals surface area (Å²) in [6.45, 7) is 7.98. The standard InChI is InChI=1S/C17H23ClN4OS2/c1-2-21-7-9-22(10-8-21)16-13(18)4-3-5-14(16)20-15(23)12-25-17-19-6-11-24-17/h3-5H,2,6-12H2,1H3,(H,20,23). The third kappa shape index (κ3) is 5.06. The van der Waals surface area contributed by atoms with Crippen LogP contribution in [0.1, 0.15) is 6.92 Å². The third-order valence-corrected chi connectivity index (χ3v) is 6.84. The molecule has 1 aromatic carbocycles. The number of halogens is 1. The molecule has 0 radical (unpaired) electrons. The van der Waals surface area contributed by atoms with Gasteiger partial charge in [0.2, 0.25) is 5.91 Å². The summed E-state index contributed by atoms with van der Waals surface area (Å²) in [4.78, 5) is 21.4. The normalized spacial score (nSPS) is 18.3. The first-order valence-corrected chi connectivity index (χ1v) is 10.9. The molecule has 2 heterocycles. The van der Waals surface area contributed by atoms with Crippen LogP contribution in [0.2, 0.25) is 5.02 Å². The molecule has 0 unspecified atom stereocenters. The zero-order valence-electron chi connectivity index (χ0n) is 14.3. The van der Waals surface area contributed by atoms with Gasteiger partial charge < -0.3 is 15.1 Å². The number of nitrogens with one attached hydrogen (secondary N) is 1. The van der Waals surface area contributed by atoms with Gasteiger partial charge in [-0.05, 0) is 18.7 Å². The molecule has 136 valence electrons. The molecular weight excluding hydrogens is 376 g/mol. The number of likely N-dealkylation sites (N-methyl/N-ethyl adjacent to an activating group) is 1. The number of hydrogen-bond acceptors (Lipinski definition) is 6. The summed E-state index contributed by atoms with van der Waals surface area (Å²) in [7, 11) is 0. The van der Waals surface area contributed by atoms with Crippen molar-refractivity contribution in [1.29, 1.82) is 0 Å². The smallest absolute Gasteiger partial charge is 0.234 e. The van der Waals surface area contributed by atoms with E-state index in [4.69, 9.17) is 11.6 Å². The second-order valence-electron chi connectivity index (χ2n) is 5.89. The van der Waals surface area contributed by atoms with Crippen LogP contribution in [0.5, 0.6) is 0 Å². The number of anilines is 2. The van der Waals surface area contributed by atoms with Gasteiger partial charge in [-0.1, -0.05) is 48.1 Å². The van der Waals surface area contributed by atoms with E-state index in [2.05, 4.69) is 27.0 Å². The summed E-state index contributed by atoms with van der Waals surface area (Å²) >= 11 is 9.69. The molecule has 3 rings (SSSR count). The quantitative estimate of drug-likeness (QED) is 0.824. The maximum Gasteiger partial charge on any atom is 0.234 e. The number of hydrogen-bond donors (Lipinski definition) is 1. The molecule has 0 aromatic heterocycles. The van der Waals surface area contributed by atoms with E-state index in [-0.39, 0.29) is 5.91 Å². The van der Waals surface area contributed by atoms with Crippen molar-refractivity contribution in [3.63, 3.8) is 0 Å². The summed E-state index contributed by atoms with van der Waals surface area (Å²) < 4.78 is 1.01. The Labute approximate surface area is 162 Å². The maximum atomic E-state index is 12.3. The van der Waals surface area contributed by atoms with Crippen molar-refractivity contribution < 1.29 is 4.79 Å². The van der Waals surface area contributed by atoms with Crippen LogP contribution in [0.25, 0.3) is 0 Å². The van der Waals surface area contributed by atoms with Crippen molar-refractivity contribution in [2.24, 2.45) is 4.99 Å². The molecular formula is C17H23ClN4OS2. The lowest BCUT2D eigenvalue weighted by Crippen LogP contribution is -2.46. The maximum absolute atomic E-state index is 12.3. The monoisotopic (exact) mass is 398 g/mol. The SMILES string of the molecule is CCN1CCN(c2c(Cl)cccc2NC(=O)CSC2=NCCS2)CC1. The zero-order chi connectivity index (χ0) is 17.6. The number of amides is 1. The minimum absolute atomic E-state index is 0.0177. The van der Waals surface area contributed by atoms with Crippen LogP contribution in [-0.4, -0.2) is 66.0 Å². The molecule has 0 aliphatic carbocycles. The fraction of sp³-hybridized carbons (Fsp3) is 0.529. The Hall–Kier alpha value is -0.890. The number of nitrogens with zero attached hydrogens (tertiary/aromatic N) is 3. The predicted molar refractivity (Wildman–Crippen MR) is 112 cm³/mol. The van der Waals surface area contributed by atoms with Gasteiger partial charge in [-0.15, -0.1) is 0 Å². The van der Waals surface area contributed by atoms with E-state index in [0.29, 0.717) is 10.8 Å². The van der Waals surface area contributed by atoms with Gasteiger partial charge in [0.25, 0.3) is 0 Å². The Bertz CT molecular complexity index is 648. The van der Waals surface area contributed by atoms with Crippen LogP contribution in [0.4, 0.5) is 11.4 Å². The van der Waals surface area contributed by atoms with Crippen LogP contribution >= 0.6 is 35.1 Å². The van der Waals surface area contributed by atoms with Crippen LogP contribution in [0.3, 0.4) is 0 Å². The number of aliphatic imine (C=N–C) groups is 1. The van der Waals surface area contributed by atoms with Gasteiger partial charge in [0, 0.05) is 31.9 Å². The van der Waals surface area contributed by atoms with Crippen LogP contribution in [-0.2, 0) is 4.79 Å². The van der Waals surface area contributed by atoms with Crippen molar-refractivity contribution >= 4 is 56.8 Å². The first-order valence-electron chi connectivity index (χ1n) is 8.53. The molecule has 0 atom stereocenters. The highest BCUT2D eigenvalue weighted by Crippen LogP contribution is 2.34. The zero-order valence-corrected chi connectivity index (χ0v) is 16.7. The highest BCUT2D eigenvalue weighted by molar-refractivity contribution is 8.39. The molecule has 1 fully saturated rings. The van der Waals surface area contributed by atoms with E-state index in [1.54, 1.807) is 11.8 Å². The molecule has 0 saturated carbocycles. The summed E-state index contributed by atoms with van der Waals surface area (Å²) in [5, 5.41) is 3.72. The lowest BCUT2D eigenvalue weighted by atomic mass is 10.2. The number of para-hydroxylation sites is 1. The van der Waals surface area contributed by atoms with Gasteiger partial charge in [0.15, 0.2) is 0 Å². The summed E-state index contributed by atoms with van der Waals surface area (Å²) in [6, 6.07) is 5.70. The fourth-order valence-corrected chi connectivity index (χ4v) is 5.04. The van der Waals surface area contributed by atoms with Crippen molar-refractivity contribution in [1.82, 2.24) is 4.90 Å². The largest absolute Gasteiger partial charge is 0.366 e. The van der Waals surface area contributed by atoms with Crippen molar-refractivity contribution in [2.45, 2.75) is 6.92 Å². The summed E-state index contributed by atoms with van der Waals surface area (Å²) in [6.07, 6.45) is 0. The molecule has 0 spiro atoms. The van der Waals surface area contributed by atoms with Crippen LogP contribution in [0, 0.1) is 0 Å². The van der Waals surface area contributed by atoms with E-state index in [9.17, 15) is 4.79 Å². The molecule has 5 nitrogen and oxygen atoms in total. The molecule has 1 aromatic rings. The number of rotatable bonds is 5. The molecule has 25 heavy (non-hydrogen) atoms. The van der Waals surface area contributed by atoms with Gasteiger partial charge >= 0.3 is 0 Å². The molecule has 0 bridgehead atoms. The first kappa shape index (κ1) is 18.9. The fourth-order valence-electron chi connectivity index (χ4n) is 2.94. The highest BCUT2D eigenvalue weighted by Gasteiger charge is 2.21. The van der Waals surface area contributed by atoms with Gasteiger partial charge in [0.1, 0.15) is 4.38 Å². The van der Waals surface area contributed by atoms with E-state index >= 15 is 0 Å². The van der Waals surface area contributed by atoms with Crippen LogP contribution in [0.15, 0.2) is 23.2 Å². The highest BCUT2D eigenvalue weighted by atomic mass is 35.5. The first-order chi connectivity index (χ1) is 12.2. The number of carbonyl (C=O) groups is 1. The molecule has 1 saturated heterocycles. The predicted octanol–water partition coefficient (Wildman–Crippen LogP) is 3.26. The van der Waals surface area contributed by atoms with Gasteiger partial charge in [-0.3, -0.25) is 9.79 Å². The summed E-state index contributed by atoms with van der Waals surface area (Å²) in [5.41, 5.74) is 1.73. The van der Waals surface area contributed by atoms with E-state index < -0.39 is 0 Å². The number of carbonyl (C=O) groups excluding carboxylic acids is 1. The third-order valence-electron chi connectivity index (χ3n) is 4.28. The van der Waals surface area contributed by atoms with E-state index in [1.165, 1.54) is 11.8 Å². The van der Waals surface area contributed by atoms with E-state index in [1.807, 2.05) is 18.2 Å². The molecule has 8 heteroatoms. The van der Waals surface area contributed by atoms with Crippen LogP contribution < -0.4 is 10.2 Å². The van der Waals surface area contributed by atoms with E-state index in [0.717, 1.165) is 60.8 Å². The van der Waals surface area contributed by atoms with Gasteiger partial charge in [-0.2, -0.15) is 0 Å². The average molecular weight is 399 g/mol. The lowest BCUT2D eigenvalue weighted by molar-refractivity contribution is -0.113. The van der Waals surface area contributed by atoms with Crippen molar-refractivity contribution in [3.05, 3.63) is 23.2 Å². The topological polar surface area (TPSA) is 47.9 Å². The summed E-state index contributed by atoms with van der Waals surface area (Å²) in [5.74, 6) is 1.38. The number of thioether (sulfide) groups is 2. The lowest BCUT2D eigenvalue weighted by Gasteiger charge is -2.36. The molecule has 2 aliphatic rings. The molecule has 1 N–H and O–H groups in total. The minimum Gasteiger partial charge on any atom is -0.366 e. The average Bonchev–Trinajstić information content (AvgIpc) is 3.14. The Morgan fingerprint density at radius 1 is 1.36 bits per heavy atom. The number of benzene rings is 1. The minimum atomic E-state index is -0.0177. The number of piperazine rings is 1.